The summed E-state index contributed by atoms with van der Waals surface area (Å²) in [6, 6.07) is 5.07. The maximum Gasteiger partial charge on any atom is 0.254 e. The van der Waals surface area contributed by atoms with E-state index in [1.807, 2.05) is 23.8 Å². The number of hydrogen-bond acceptors (Lipinski definition) is 4. The number of carbonyl (C=O) groups is 1. The number of hydrogen-bond donors (Lipinski definition) is 1. The van der Waals surface area contributed by atoms with Crippen molar-refractivity contribution in [2.75, 3.05) is 13.1 Å². The van der Waals surface area contributed by atoms with Crippen molar-refractivity contribution in [2.24, 2.45) is 0 Å². The molecule has 0 radical (unpaired) electrons. The smallest absolute Gasteiger partial charge is 0.254 e. The molecule has 0 aliphatic rings. The highest BCUT2D eigenvalue weighted by Crippen LogP contribution is 2.19. The Hall–Kier alpha value is -1.77. The highest BCUT2D eigenvalue weighted by molar-refractivity contribution is 7.89. The number of nitrogens with zero attached hydrogens (tertiary/aromatic N) is 1. The molecule has 142 valence electrons. The number of halogens is 1. The van der Waals surface area contributed by atoms with Gasteiger partial charge in [0.15, 0.2) is 0 Å². The fourth-order valence-electron chi connectivity index (χ4n) is 2.67. The second kappa shape index (κ2) is 8.75. The minimum atomic E-state index is -3.76. The van der Waals surface area contributed by atoms with Crippen LogP contribution in [0.1, 0.15) is 36.7 Å². The van der Waals surface area contributed by atoms with E-state index in [1.54, 1.807) is 25.2 Å². The first-order valence-electron chi connectivity index (χ1n) is 8.41. The first-order valence-corrected chi connectivity index (χ1v) is 10.8. The third-order valence-electron chi connectivity index (χ3n) is 4.03. The summed E-state index contributed by atoms with van der Waals surface area (Å²) in [5.74, 6) is -1.37. The van der Waals surface area contributed by atoms with Crippen molar-refractivity contribution in [3.63, 3.8) is 0 Å². The molecule has 26 heavy (non-hydrogen) atoms. The zero-order valence-corrected chi connectivity index (χ0v) is 16.7. The molecule has 1 aromatic carbocycles. The van der Waals surface area contributed by atoms with Crippen LogP contribution in [0.5, 0.6) is 0 Å². The predicted molar refractivity (Wildman–Crippen MR) is 101 cm³/mol. The van der Waals surface area contributed by atoms with Gasteiger partial charge in [0.1, 0.15) is 5.82 Å². The van der Waals surface area contributed by atoms with Gasteiger partial charge < -0.3 is 5.32 Å². The van der Waals surface area contributed by atoms with E-state index in [1.165, 1.54) is 10.4 Å². The van der Waals surface area contributed by atoms with Crippen LogP contribution < -0.4 is 5.32 Å². The summed E-state index contributed by atoms with van der Waals surface area (Å²) in [5.41, 5.74) is 0.816. The number of rotatable bonds is 8. The fraction of sp³-hybridized carbons (Fsp3) is 0.389. The van der Waals surface area contributed by atoms with Gasteiger partial charge in [0.2, 0.25) is 10.0 Å². The number of amides is 1. The predicted octanol–water partition coefficient (Wildman–Crippen LogP) is 3.28. The van der Waals surface area contributed by atoms with E-state index in [0.717, 1.165) is 17.7 Å². The van der Waals surface area contributed by atoms with E-state index >= 15 is 0 Å². The molecular formula is C18H23FN2O3S2. The average molecular weight is 399 g/mol. The van der Waals surface area contributed by atoms with Crippen LogP contribution in [0.3, 0.4) is 0 Å². The Morgan fingerprint density at radius 3 is 2.54 bits per heavy atom. The molecule has 1 amide bonds. The van der Waals surface area contributed by atoms with Crippen LogP contribution in [0.2, 0.25) is 0 Å². The van der Waals surface area contributed by atoms with Crippen LogP contribution in [-0.4, -0.2) is 37.8 Å². The molecule has 0 saturated carbocycles. The highest BCUT2D eigenvalue weighted by atomic mass is 32.2. The van der Waals surface area contributed by atoms with Crippen LogP contribution in [0.4, 0.5) is 4.39 Å². The zero-order valence-electron chi connectivity index (χ0n) is 15.0. The Morgan fingerprint density at radius 2 is 1.96 bits per heavy atom. The molecule has 1 atom stereocenters. The summed E-state index contributed by atoms with van der Waals surface area (Å²) in [5, 5.41) is 6.66. The van der Waals surface area contributed by atoms with Crippen LogP contribution in [-0.2, 0) is 16.4 Å². The largest absolute Gasteiger partial charge is 0.349 e. The highest BCUT2D eigenvalue weighted by Gasteiger charge is 2.24. The van der Waals surface area contributed by atoms with Crippen molar-refractivity contribution < 1.29 is 17.6 Å². The van der Waals surface area contributed by atoms with Gasteiger partial charge in [-0.2, -0.15) is 15.6 Å². The van der Waals surface area contributed by atoms with Gasteiger partial charge in [-0.1, -0.05) is 13.8 Å². The van der Waals surface area contributed by atoms with Crippen molar-refractivity contribution in [3.05, 3.63) is 52.0 Å². The monoisotopic (exact) mass is 398 g/mol. The molecule has 0 bridgehead atoms. The molecule has 0 spiro atoms. The van der Waals surface area contributed by atoms with E-state index in [9.17, 15) is 17.6 Å². The van der Waals surface area contributed by atoms with E-state index in [-0.39, 0.29) is 16.5 Å². The van der Waals surface area contributed by atoms with Crippen molar-refractivity contribution in [1.82, 2.24) is 9.62 Å². The first-order chi connectivity index (χ1) is 12.3. The van der Waals surface area contributed by atoms with E-state index < -0.39 is 21.7 Å². The van der Waals surface area contributed by atoms with Crippen molar-refractivity contribution >= 4 is 27.3 Å². The molecule has 1 aromatic heterocycles. The Morgan fingerprint density at radius 1 is 1.27 bits per heavy atom. The van der Waals surface area contributed by atoms with E-state index in [4.69, 9.17) is 0 Å². The number of carbonyl (C=O) groups excluding carboxylic acids is 1. The lowest BCUT2D eigenvalue weighted by molar-refractivity contribution is 0.0936. The quantitative estimate of drug-likeness (QED) is 0.742. The Kier molecular flexibility index (Phi) is 6.91. The van der Waals surface area contributed by atoms with Gasteiger partial charge in [0.25, 0.3) is 5.91 Å². The summed E-state index contributed by atoms with van der Waals surface area (Å²) in [4.78, 5) is 12.4. The van der Waals surface area contributed by atoms with Gasteiger partial charge in [0, 0.05) is 19.1 Å². The number of thiophene rings is 1. The van der Waals surface area contributed by atoms with Gasteiger partial charge in [-0.25, -0.2) is 12.8 Å². The fourth-order valence-corrected chi connectivity index (χ4v) is 4.83. The normalized spacial score (nSPS) is 13.0. The zero-order chi connectivity index (χ0) is 19.3. The first kappa shape index (κ1) is 20.5. The molecule has 0 fully saturated rings. The second-order valence-corrected chi connectivity index (χ2v) is 8.66. The summed E-state index contributed by atoms with van der Waals surface area (Å²) < 4.78 is 40.6. The van der Waals surface area contributed by atoms with Gasteiger partial charge in [0.05, 0.1) is 10.5 Å². The minimum absolute atomic E-state index is 0.0850. The summed E-state index contributed by atoms with van der Waals surface area (Å²) in [6.45, 7) is 5.88. The molecule has 0 saturated heterocycles. The molecule has 2 aromatic rings. The second-order valence-electron chi connectivity index (χ2n) is 5.94. The van der Waals surface area contributed by atoms with Gasteiger partial charge in [-0.05, 0) is 53.9 Å². The number of benzene rings is 1. The number of nitrogens with one attached hydrogen (secondary N) is 1. The molecule has 2 rings (SSSR count). The Balaban J connectivity index is 2.22. The molecule has 0 aliphatic heterocycles. The topological polar surface area (TPSA) is 66.5 Å². The summed E-state index contributed by atoms with van der Waals surface area (Å²) in [6.07, 6.45) is 0.619. The lowest BCUT2D eigenvalue weighted by Crippen LogP contribution is -2.35. The Bertz CT molecular complexity index is 847. The van der Waals surface area contributed by atoms with Crippen molar-refractivity contribution in [2.45, 2.75) is 38.1 Å². The maximum atomic E-state index is 14.1. The van der Waals surface area contributed by atoms with Gasteiger partial charge in [-0.15, -0.1) is 0 Å². The molecule has 0 aliphatic carbocycles. The molecule has 8 heteroatoms. The SMILES string of the molecule is CCN(CC)S(=O)(=O)c1ccc(F)c(C(=O)NC(C)Cc2ccsc2)c1. The molecule has 1 unspecified atom stereocenters. The summed E-state index contributed by atoms with van der Waals surface area (Å²) in [7, 11) is -3.76. The number of sulfonamides is 1. The van der Waals surface area contributed by atoms with E-state index in [0.29, 0.717) is 19.5 Å². The molecular weight excluding hydrogens is 375 g/mol. The maximum absolute atomic E-state index is 14.1. The van der Waals surface area contributed by atoms with Crippen LogP contribution in [0.25, 0.3) is 0 Å². The molecule has 1 heterocycles. The van der Waals surface area contributed by atoms with Crippen molar-refractivity contribution in [1.29, 1.82) is 0 Å². The molecule has 5 nitrogen and oxygen atoms in total. The van der Waals surface area contributed by atoms with E-state index in [2.05, 4.69) is 5.32 Å². The van der Waals surface area contributed by atoms with Gasteiger partial charge in [-0.3, -0.25) is 4.79 Å². The minimum Gasteiger partial charge on any atom is -0.349 e. The average Bonchev–Trinajstić information content (AvgIpc) is 3.08. The van der Waals surface area contributed by atoms with Crippen LogP contribution in [0.15, 0.2) is 39.9 Å². The van der Waals surface area contributed by atoms with Crippen molar-refractivity contribution in [3.8, 4) is 0 Å². The third-order valence-corrected chi connectivity index (χ3v) is 6.80. The van der Waals surface area contributed by atoms with Crippen LogP contribution in [0, 0.1) is 5.82 Å². The third kappa shape index (κ3) is 4.69. The Labute approximate surface area is 157 Å². The summed E-state index contributed by atoms with van der Waals surface area (Å²) >= 11 is 1.57. The molecule has 1 N–H and O–H groups in total. The van der Waals surface area contributed by atoms with Crippen LogP contribution >= 0.6 is 11.3 Å². The lowest BCUT2D eigenvalue weighted by Gasteiger charge is -2.19. The van der Waals surface area contributed by atoms with Gasteiger partial charge >= 0.3 is 0 Å². The lowest BCUT2D eigenvalue weighted by atomic mass is 10.1. The standard InChI is InChI=1S/C18H23FN2O3S2/c1-4-21(5-2)26(23,24)15-6-7-17(19)16(11-15)18(22)20-13(3)10-14-8-9-25-12-14/h6-9,11-13H,4-5,10H2,1-3H3,(H,20,22).